The summed E-state index contributed by atoms with van der Waals surface area (Å²) in [5.41, 5.74) is 5.99. The number of aryl methyl sites for hydroxylation is 4. The first-order chi connectivity index (χ1) is 30.8. The molecule has 14 nitrogen and oxygen atoms in total. The van der Waals surface area contributed by atoms with Crippen LogP contribution in [-0.4, -0.2) is 82.1 Å². The predicted molar refractivity (Wildman–Crippen MR) is 247 cm³/mol. The van der Waals surface area contributed by atoms with Gasteiger partial charge in [0.2, 0.25) is 6.29 Å². The van der Waals surface area contributed by atoms with Gasteiger partial charge in [-0.1, -0.05) is 77.6 Å². The van der Waals surface area contributed by atoms with Crippen LogP contribution < -0.4 is 15.9 Å². The third-order valence-electron chi connectivity index (χ3n) is 11.5. The van der Waals surface area contributed by atoms with Gasteiger partial charge in [-0.3, -0.25) is 9.59 Å². The van der Waals surface area contributed by atoms with Crippen molar-refractivity contribution in [1.82, 2.24) is 19.9 Å². The number of aromatic hydroxyl groups is 1. The van der Waals surface area contributed by atoms with Crippen LogP contribution in [0.3, 0.4) is 0 Å². The van der Waals surface area contributed by atoms with E-state index in [4.69, 9.17) is 9.47 Å². The molecule has 1 aliphatic heterocycles. The summed E-state index contributed by atoms with van der Waals surface area (Å²) in [5, 5.41) is 51.3. The van der Waals surface area contributed by atoms with Gasteiger partial charge in [-0.05, 0) is 122 Å². The largest absolute Gasteiger partial charge is 0.507 e. The Bertz CT molecular complexity index is 2660. The fourth-order valence-corrected chi connectivity index (χ4v) is 7.68. The Kier molecular flexibility index (Phi) is 16.4. The fourth-order valence-electron chi connectivity index (χ4n) is 7.68. The number of aromatic nitrogens is 4. The SMILES string of the molecule is CCCCc1ccc(O)c(-c2nc3ccc(CCCC)cc3c(=O)[nH]2)c1.CCCCc1ccc(O[C@@H]2OC(C(=O)O)[C@@H](O)[C@@H](O)C2O)c(-c2nc3ccc(CCCC)cc3c(=O)[nH]2)c1. The Balaban J connectivity index is 0.000000228. The van der Waals surface area contributed by atoms with Crippen LogP contribution in [0.5, 0.6) is 11.5 Å². The van der Waals surface area contributed by atoms with Gasteiger partial charge < -0.3 is 45.0 Å². The second-order valence-electron chi connectivity index (χ2n) is 16.5. The molecule has 5 atom stereocenters. The van der Waals surface area contributed by atoms with Gasteiger partial charge in [-0.2, -0.15) is 0 Å². The number of hydrogen-bond acceptors (Lipinski definition) is 11. The average molecular weight is 877 g/mol. The van der Waals surface area contributed by atoms with Crippen molar-refractivity contribution in [3.63, 3.8) is 0 Å². The van der Waals surface area contributed by atoms with Crippen molar-refractivity contribution in [2.75, 3.05) is 0 Å². The van der Waals surface area contributed by atoms with Crippen molar-refractivity contribution >= 4 is 27.8 Å². The number of phenols is 1. The molecule has 0 bridgehead atoms. The summed E-state index contributed by atoms with van der Waals surface area (Å²) in [5.74, 6) is -0.570. The van der Waals surface area contributed by atoms with E-state index in [0.717, 1.165) is 99.3 Å². The standard InChI is InChI=1S/C28H34N2O8.C22H26N2O2/c1-3-5-7-15-9-11-19-17(13-15)26(34)30-25(29-19)18-14-16(8-6-4-2)10-12-20(18)37-28-23(33)21(31)22(32)24(38-28)27(35)36;1-3-5-7-15-9-11-19-17(13-15)22(26)24-21(23-19)18-14-16(8-6-4-2)10-12-20(18)25/h9-14,21-24,28,31-33H,3-8H2,1-2H3,(H,35,36)(H,29,30,34);9-14,25H,3-8H2,1-2H3,(H,23,24,26)/t21-,22+,23?,24?,28-;/m1./s1. The number of fused-ring (bicyclic) bond motifs is 2. The summed E-state index contributed by atoms with van der Waals surface area (Å²) >= 11 is 0. The molecular formula is C50H60N4O10. The molecule has 2 unspecified atom stereocenters. The minimum Gasteiger partial charge on any atom is -0.507 e. The van der Waals surface area contributed by atoms with Crippen molar-refractivity contribution in [2.45, 2.75) is 135 Å². The van der Waals surface area contributed by atoms with Crippen LogP contribution in [0.25, 0.3) is 44.6 Å². The van der Waals surface area contributed by atoms with Crippen molar-refractivity contribution < 1.29 is 39.8 Å². The molecule has 0 spiro atoms. The number of ether oxygens (including phenoxy) is 2. The van der Waals surface area contributed by atoms with E-state index in [9.17, 15) is 39.9 Å². The first-order valence-electron chi connectivity index (χ1n) is 22.5. The lowest BCUT2D eigenvalue weighted by Crippen LogP contribution is -2.61. The number of unbranched alkanes of at least 4 members (excludes halogenated alkanes) is 4. The number of nitrogens with one attached hydrogen (secondary N) is 2. The minimum atomic E-state index is -1.83. The molecular weight excluding hydrogens is 817 g/mol. The van der Waals surface area contributed by atoms with Gasteiger partial charge in [0.15, 0.2) is 6.10 Å². The molecule has 14 heteroatoms. The minimum absolute atomic E-state index is 0.132. The van der Waals surface area contributed by atoms with Crippen LogP contribution in [0.15, 0.2) is 82.4 Å². The van der Waals surface area contributed by atoms with Crippen LogP contribution in [-0.2, 0) is 35.2 Å². The molecule has 1 saturated heterocycles. The quantitative estimate of drug-likeness (QED) is 0.0472. The maximum atomic E-state index is 13.1. The summed E-state index contributed by atoms with van der Waals surface area (Å²) in [6.07, 6.45) is 3.22. The maximum Gasteiger partial charge on any atom is 0.335 e. The van der Waals surface area contributed by atoms with Crippen LogP contribution >= 0.6 is 0 Å². The zero-order valence-corrected chi connectivity index (χ0v) is 37.0. The molecule has 1 aliphatic rings. The lowest BCUT2D eigenvalue weighted by Gasteiger charge is -2.38. The van der Waals surface area contributed by atoms with Crippen molar-refractivity contribution in [3.05, 3.63) is 116 Å². The monoisotopic (exact) mass is 876 g/mol. The van der Waals surface area contributed by atoms with E-state index in [0.29, 0.717) is 38.8 Å². The number of aliphatic carboxylic acids is 1. The number of hydrogen-bond donors (Lipinski definition) is 7. The van der Waals surface area contributed by atoms with Gasteiger partial charge >= 0.3 is 5.97 Å². The Hall–Kier alpha value is -5.93. The van der Waals surface area contributed by atoms with Crippen molar-refractivity contribution in [2.24, 2.45) is 0 Å². The molecule has 6 aromatic rings. The van der Waals surface area contributed by atoms with Crippen LogP contribution in [0, 0.1) is 0 Å². The lowest BCUT2D eigenvalue weighted by atomic mass is 9.99. The number of aromatic amines is 2. The van der Waals surface area contributed by atoms with Crippen molar-refractivity contribution in [1.29, 1.82) is 0 Å². The highest BCUT2D eigenvalue weighted by molar-refractivity contribution is 5.82. The first kappa shape index (κ1) is 47.5. The predicted octanol–water partition coefficient (Wildman–Crippen LogP) is 7.53. The van der Waals surface area contributed by atoms with E-state index in [1.54, 1.807) is 12.1 Å². The third-order valence-corrected chi connectivity index (χ3v) is 11.5. The summed E-state index contributed by atoms with van der Waals surface area (Å²) in [7, 11) is 0. The molecule has 0 aliphatic carbocycles. The fraction of sp³-hybridized carbons (Fsp3) is 0.420. The van der Waals surface area contributed by atoms with Crippen LogP contribution in [0.4, 0.5) is 0 Å². The highest BCUT2D eigenvalue weighted by Gasteiger charge is 2.48. The normalized spacial score (nSPS) is 18.5. The number of carboxylic acid groups (broad SMARTS) is 1. The number of aliphatic hydroxyl groups is 3. The molecule has 64 heavy (non-hydrogen) atoms. The number of carbonyl (C=O) groups is 1. The number of aliphatic hydroxyl groups excluding tert-OH is 3. The number of nitrogens with zero attached hydrogens (tertiary/aromatic N) is 2. The molecule has 0 radical (unpaired) electrons. The van der Waals surface area contributed by atoms with Crippen molar-refractivity contribution in [3.8, 4) is 34.3 Å². The summed E-state index contributed by atoms with van der Waals surface area (Å²) < 4.78 is 11.2. The van der Waals surface area contributed by atoms with Crippen LogP contribution in [0.1, 0.15) is 101 Å². The average Bonchev–Trinajstić information content (AvgIpc) is 3.29. The zero-order chi connectivity index (χ0) is 45.9. The molecule has 2 aromatic heterocycles. The Morgan fingerprint density at radius 2 is 1.05 bits per heavy atom. The number of phenolic OH excluding ortho intramolecular Hbond substituents is 1. The Morgan fingerprint density at radius 3 is 1.53 bits per heavy atom. The Morgan fingerprint density at radius 1 is 0.609 bits per heavy atom. The molecule has 1 fully saturated rings. The van der Waals surface area contributed by atoms with E-state index in [2.05, 4.69) is 47.6 Å². The molecule has 4 aromatic carbocycles. The first-order valence-corrected chi connectivity index (χ1v) is 22.5. The van der Waals surface area contributed by atoms with Gasteiger partial charge in [0.25, 0.3) is 11.1 Å². The van der Waals surface area contributed by atoms with Gasteiger partial charge in [0, 0.05) is 0 Å². The highest BCUT2D eigenvalue weighted by Crippen LogP contribution is 2.34. The number of benzene rings is 4. The topological polar surface area (TPSA) is 228 Å². The van der Waals surface area contributed by atoms with Gasteiger partial charge in [0.05, 0.1) is 32.9 Å². The van der Waals surface area contributed by atoms with E-state index < -0.39 is 36.7 Å². The molecule has 0 saturated carbocycles. The maximum absolute atomic E-state index is 13.1. The summed E-state index contributed by atoms with van der Waals surface area (Å²) in [6, 6.07) is 22.3. The van der Waals surface area contributed by atoms with Crippen LogP contribution in [0.2, 0.25) is 0 Å². The number of rotatable bonds is 17. The van der Waals surface area contributed by atoms with E-state index in [1.807, 2.05) is 60.7 Å². The lowest BCUT2D eigenvalue weighted by molar-refractivity contribution is -0.271. The molecule has 3 heterocycles. The summed E-state index contributed by atoms with van der Waals surface area (Å²) in [6.45, 7) is 8.50. The van der Waals surface area contributed by atoms with E-state index in [-0.39, 0.29) is 28.4 Å². The second kappa shape index (κ2) is 22.1. The van der Waals surface area contributed by atoms with Gasteiger partial charge in [-0.25, -0.2) is 14.8 Å². The highest BCUT2D eigenvalue weighted by atomic mass is 16.7. The van der Waals surface area contributed by atoms with E-state index >= 15 is 0 Å². The molecule has 340 valence electrons. The second-order valence-corrected chi connectivity index (χ2v) is 16.5. The summed E-state index contributed by atoms with van der Waals surface area (Å²) in [4.78, 5) is 52.1. The molecule has 7 N–H and O–H groups in total. The third kappa shape index (κ3) is 11.4. The van der Waals surface area contributed by atoms with E-state index in [1.165, 1.54) is 0 Å². The Labute approximate surface area is 372 Å². The number of carboxylic acids is 1. The van der Waals surface area contributed by atoms with Gasteiger partial charge in [0.1, 0.15) is 41.5 Å². The zero-order valence-electron chi connectivity index (χ0n) is 37.0. The number of H-pyrrole nitrogens is 2. The molecule has 7 rings (SSSR count). The van der Waals surface area contributed by atoms with Gasteiger partial charge in [-0.15, -0.1) is 0 Å². The molecule has 0 amide bonds. The smallest absolute Gasteiger partial charge is 0.335 e.